The normalized spacial score (nSPS) is 21.5. The molecular formula is C21H27N5O2. The standard InChI is InChI=1S/C21H27N5O2/c1-15(27)22-10-12-26-21-18(7-4-9-23-21)20(24-26)17-8-11-25(14-17)19(28)13-16-5-2-3-6-16/h2,4-5,7,9,16-17H,3,6,8,10-14H2,1H3,(H,22,27). The first-order valence-electron chi connectivity index (χ1n) is 10.1. The summed E-state index contributed by atoms with van der Waals surface area (Å²) in [6.07, 6.45) is 9.87. The van der Waals surface area contributed by atoms with Crippen LogP contribution in [0.4, 0.5) is 0 Å². The van der Waals surface area contributed by atoms with E-state index in [1.165, 1.54) is 6.92 Å². The van der Waals surface area contributed by atoms with Gasteiger partial charge in [-0.1, -0.05) is 12.2 Å². The van der Waals surface area contributed by atoms with Crippen LogP contribution in [0, 0.1) is 5.92 Å². The van der Waals surface area contributed by atoms with Gasteiger partial charge in [0.1, 0.15) is 0 Å². The van der Waals surface area contributed by atoms with Crippen molar-refractivity contribution in [3.8, 4) is 0 Å². The van der Waals surface area contributed by atoms with Gasteiger partial charge in [-0.15, -0.1) is 0 Å². The second-order valence-corrected chi connectivity index (χ2v) is 7.76. The lowest BCUT2D eigenvalue weighted by Gasteiger charge is -2.18. The van der Waals surface area contributed by atoms with Crippen LogP contribution in [0.1, 0.15) is 44.2 Å². The highest BCUT2D eigenvalue weighted by molar-refractivity contribution is 5.80. The van der Waals surface area contributed by atoms with Crippen LogP contribution in [0.5, 0.6) is 0 Å². The van der Waals surface area contributed by atoms with Gasteiger partial charge in [0, 0.05) is 50.5 Å². The predicted octanol–water partition coefficient (Wildman–Crippen LogP) is 2.24. The number of nitrogens with zero attached hydrogens (tertiary/aromatic N) is 4. The fourth-order valence-corrected chi connectivity index (χ4v) is 4.26. The third kappa shape index (κ3) is 3.93. The van der Waals surface area contributed by atoms with Gasteiger partial charge < -0.3 is 10.2 Å². The molecule has 7 heteroatoms. The van der Waals surface area contributed by atoms with Gasteiger partial charge in [-0.3, -0.25) is 9.59 Å². The van der Waals surface area contributed by atoms with Crippen molar-refractivity contribution in [2.75, 3.05) is 19.6 Å². The number of carbonyl (C=O) groups is 2. The maximum atomic E-state index is 12.7. The monoisotopic (exact) mass is 381 g/mol. The van der Waals surface area contributed by atoms with Crippen molar-refractivity contribution in [3.63, 3.8) is 0 Å². The Hall–Kier alpha value is -2.70. The van der Waals surface area contributed by atoms with Crippen molar-refractivity contribution in [2.24, 2.45) is 5.92 Å². The van der Waals surface area contributed by atoms with Crippen LogP contribution in [0.25, 0.3) is 11.0 Å². The Bertz CT molecular complexity index is 903. The molecule has 1 fully saturated rings. The molecule has 1 saturated heterocycles. The molecule has 0 aromatic carbocycles. The maximum Gasteiger partial charge on any atom is 0.223 e. The number of aromatic nitrogens is 3. The van der Waals surface area contributed by atoms with E-state index in [2.05, 4.69) is 22.5 Å². The predicted molar refractivity (Wildman–Crippen MR) is 107 cm³/mol. The number of pyridine rings is 1. The van der Waals surface area contributed by atoms with Gasteiger partial charge in [0.15, 0.2) is 5.65 Å². The summed E-state index contributed by atoms with van der Waals surface area (Å²) in [5.41, 5.74) is 1.85. The molecule has 1 N–H and O–H groups in total. The minimum atomic E-state index is -0.0494. The lowest BCUT2D eigenvalue weighted by Crippen LogP contribution is -2.29. The molecule has 2 unspecified atom stereocenters. The van der Waals surface area contributed by atoms with Crippen molar-refractivity contribution in [1.29, 1.82) is 0 Å². The highest BCUT2D eigenvalue weighted by Gasteiger charge is 2.31. The number of amides is 2. The average molecular weight is 381 g/mol. The molecule has 28 heavy (non-hydrogen) atoms. The number of hydrogen-bond acceptors (Lipinski definition) is 4. The molecule has 148 valence electrons. The molecule has 2 aliphatic rings. The van der Waals surface area contributed by atoms with Gasteiger partial charge in [0.25, 0.3) is 0 Å². The highest BCUT2D eigenvalue weighted by atomic mass is 16.2. The van der Waals surface area contributed by atoms with E-state index in [0.717, 1.165) is 49.1 Å². The number of carbonyl (C=O) groups excluding carboxylic acids is 2. The van der Waals surface area contributed by atoms with Crippen LogP contribution in [-0.4, -0.2) is 51.1 Å². The minimum Gasteiger partial charge on any atom is -0.354 e. The molecule has 4 rings (SSSR count). The van der Waals surface area contributed by atoms with Crippen LogP contribution in [0.3, 0.4) is 0 Å². The molecule has 0 bridgehead atoms. The van der Waals surface area contributed by atoms with Crippen LogP contribution in [-0.2, 0) is 16.1 Å². The first kappa shape index (κ1) is 18.7. The van der Waals surface area contributed by atoms with E-state index >= 15 is 0 Å². The molecule has 7 nitrogen and oxygen atoms in total. The minimum absolute atomic E-state index is 0.0494. The fraction of sp³-hybridized carbons (Fsp3) is 0.524. The zero-order chi connectivity index (χ0) is 19.5. The van der Waals surface area contributed by atoms with Gasteiger partial charge in [0.05, 0.1) is 12.2 Å². The van der Waals surface area contributed by atoms with Crippen LogP contribution in [0.15, 0.2) is 30.5 Å². The quantitative estimate of drug-likeness (QED) is 0.778. The number of rotatable bonds is 6. The molecule has 1 aliphatic carbocycles. The summed E-state index contributed by atoms with van der Waals surface area (Å²) in [5.74, 6) is 0.847. The molecule has 0 spiro atoms. The molecular weight excluding hydrogens is 354 g/mol. The SMILES string of the molecule is CC(=O)NCCn1nc(C2CCN(C(=O)CC3C=CCC3)C2)c2cccnc21. The molecule has 3 heterocycles. The van der Waals surface area contributed by atoms with Crippen molar-refractivity contribution >= 4 is 22.8 Å². The maximum absolute atomic E-state index is 12.7. The molecule has 1 aliphatic heterocycles. The molecule has 2 aromatic heterocycles. The number of likely N-dealkylation sites (tertiary alicyclic amines) is 1. The summed E-state index contributed by atoms with van der Waals surface area (Å²) in [7, 11) is 0. The van der Waals surface area contributed by atoms with Gasteiger partial charge >= 0.3 is 0 Å². The lowest BCUT2D eigenvalue weighted by atomic mass is 10.0. The van der Waals surface area contributed by atoms with E-state index in [1.54, 1.807) is 6.20 Å². The molecule has 0 saturated carbocycles. The van der Waals surface area contributed by atoms with Crippen molar-refractivity contribution in [1.82, 2.24) is 25.0 Å². The van der Waals surface area contributed by atoms with Crippen molar-refractivity contribution in [3.05, 3.63) is 36.2 Å². The van der Waals surface area contributed by atoms with Crippen LogP contribution >= 0.6 is 0 Å². The smallest absolute Gasteiger partial charge is 0.223 e. The summed E-state index contributed by atoms with van der Waals surface area (Å²) in [6, 6.07) is 3.98. The fourth-order valence-electron chi connectivity index (χ4n) is 4.26. The summed E-state index contributed by atoms with van der Waals surface area (Å²) in [5, 5.41) is 8.67. The summed E-state index contributed by atoms with van der Waals surface area (Å²) in [4.78, 5) is 30.3. The topological polar surface area (TPSA) is 80.1 Å². The number of hydrogen-bond donors (Lipinski definition) is 1. The van der Waals surface area contributed by atoms with Gasteiger partial charge in [-0.2, -0.15) is 5.10 Å². The largest absolute Gasteiger partial charge is 0.354 e. The third-order valence-electron chi connectivity index (χ3n) is 5.71. The van der Waals surface area contributed by atoms with Gasteiger partial charge in [-0.05, 0) is 37.3 Å². The first-order valence-corrected chi connectivity index (χ1v) is 10.1. The van der Waals surface area contributed by atoms with Crippen LogP contribution in [0.2, 0.25) is 0 Å². The number of fused-ring (bicyclic) bond motifs is 1. The van der Waals surface area contributed by atoms with E-state index in [0.29, 0.717) is 25.4 Å². The second-order valence-electron chi connectivity index (χ2n) is 7.76. The Morgan fingerprint density at radius 1 is 1.32 bits per heavy atom. The third-order valence-corrected chi connectivity index (χ3v) is 5.71. The lowest BCUT2D eigenvalue weighted by molar-refractivity contribution is -0.130. The molecule has 2 atom stereocenters. The van der Waals surface area contributed by atoms with E-state index in [4.69, 9.17) is 5.10 Å². The van der Waals surface area contributed by atoms with E-state index in [1.807, 2.05) is 21.7 Å². The Balaban J connectivity index is 1.47. The van der Waals surface area contributed by atoms with E-state index in [-0.39, 0.29) is 17.7 Å². The first-order chi connectivity index (χ1) is 13.6. The van der Waals surface area contributed by atoms with Crippen molar-refractivity contribution in [2.45, 2.75) is 45.1 Å². The second kappa shape index (κ2) is 8.12. The highest BCUT2D eigenvalue weighted by Crippen LogP contribution is 2.32. The number of allylic oxidation sites excluding steroid dienone is 2. The Morgan fingerprint density at radius 3 is 3.00 bits per heavy atom. The van der Waals surface area contributed by atoms with Gasteiger partial charge in [0.2, 0.25) is 11.8 Å². The summed E-state index contributed by atoms with van der Waals surface area (Å²) >= 11 is 0. The molecule has 2 amide bonds. The Morgan fingerprint density at radius 2 is 2.21 bits per heavy atom. The molecule has 0 radical (unpaired) electrons. The van der Waals surface area contributed by atoms with Crippen molar-refractivity contribution < 1.29 is 9.59 Å². The van der Waals surface area contributed by atoms with Crippen LogP contribution < -0.4 is 5.32 Å². The average Bonchev–Trinajstić information content (AvgIpc) is 3.41. The molecule has 2 aromatic rings. The number of nitrogens with one attached hydrogen (secondary N) is 1. The summed E-state index contributed by atoms with van der Waals surface area (Å²) < 4.78 is 1.87. The van der Waals surface area contributed by atoms with Gasteiger partial charge in [-0.25, -0.2) is 9.67 Å². The zero-order valence-electron chi connectivity index (χ0n) is 16.3. The van der Waals surface area contributed by atoms with E-state index < -0.39 is 0 Å². The Labute approximate surface area is 164 Å². The van der Waals surface area contributed by atoms with E-state index in [9.17, 15) is 9.59 Å². The summed E-state index contributed by atoms with van der Waals surface area (Å²) in [6.45, 7) is 4.13. The zero-order valence-corrected chi connectivity index (χ0v) is 16.3. The Kier molecular flexibility index (Phi) is 5.41.